The molecular weight excluding hydrogens is 356 g/mol. The maximum absolute atomic E-state index is 12.4. The fourth-order valence-corrected chi connectivity index (χ4v) is 2.91. The maximum Gasteiger partial charge on any atom is 0.288 e. The first-order valence-corrected chi connectivity index (χ1v) is 8.51. The minimum absolute atomic E-state index is 0.0664. The lowest BCUT2D eigenvalue weighted by Crippen LogP contribution is -2.36. The normalized spacial score (nSPS) is 14.6. The molecule has 0 amide bonds. The number of nitrogens with zero attached hydrogens (tertiary/aromatic N) is 2. The number of allylic oxidation sites excluding steroid dienone is 1. The SMILES string of the molecule is O=C(C=Cc1ccc(Cl)c([N+](=O)[O-])c1)c1cccc(N2CCOCC2)c1. The molecule has 1 aliphatic rings. The van der Waals surface area contributed by atoms with E-state index in [4.69, 9.17) is 16.3 Å². The predicted octanol–water partition coefficient (Wildman–Crippen LogP) is 3.98. The number of nitro benzene ring substituents is 1. The number of carbonyl (C=O) groups is 1. The molecule has 1 heterocycles. The van der Waals surface area contributed by atoms with E-state index in [-0.39, 0.29) is 16.5 Å². The Morgan fingerprint density at radius 2 is 1.96 bits per heavy atom. The largest absolute Gasteiger partial charge is 0.378 e. The summed E-state index contributed by atoms with van der Waals surface area (Å²) in [6.07, 6.45) is 2.96. The zero-order valence-corrected chi connectivity index (χ0v) is 14.7. The molecule has 1 fully saturated rings. The summed E-state index contributed by atoms with van der Waals surface area (Å²) in [5, 5.41) is 11.0. The lowest BCUT2D eigenvalue weighted by Gasteiger charge is -2.29. The topological polar surface area (TPSA) is 72.7 Å². The van der Waals surface area contributed by atoms with Crippen LogP contribution in [0.25, 0.3) is 6.08 Å². The van der Waals surface area contributed by atoms with Crippen LogP contribution < -0.4 is 4.90 Å². The molecular formula is C19H17ClN2O4. The van der Waals surface area contributed by atoms with E-state index in [1.807, 2.05) is 18.2 Å². The Balaban J connectivity index is 1.76. The standard InChI is InChI=1S/C19H17ClN2O4/c20-17-6-4-14(12-18(17)22(24)25)5-7-19(23)15-2-1-3-16(13-15)21-8-10-26-11-9-21/h1-7,12-13H,8-11H2. The van der Waals surface area contributed by atoms with E-state index in [9.17, 15) is 14.9 Å². The number of carbonyl (C=O) groups excluding carboxylic acids is 1. The minimum Gasteiger partial charge on any atom is -0.378 e. The molecule has 2 aromatic rings. The van der Waals surface area contributed by atoms with Gasteiger partial charge in [0.2, 0.25) is 0 Å². The van der Waals surface area contributed by atoms with E-state index in [0.717, 1.165) is 18.8 Å². The van der Waals surface area contributed by atoms with E-state index >= 15 is 0 Å². The van der Waals surface area contributed by atoms with Gasteiger partial charge in [0.1, 0.15) is 5.02 Å². The summed E-state index contributed by atoms with van der Waals surface area (Å²) in [4.78, 5) is 25.0. The van der Waals surface area contributed by atoms with E-state index in [0.29, 0.717) is 24.3 Å². The minimum atomic E-state index is -0.548. The highest BCUT2D eigenvalue weighted by Gasteiger charge is 2.13. The van der Waals surface area contributed by atoms with Gasteiger partial charge in [-0.3, -0.25) is 14.9 Å². The van der Waals surface area contributed by atoms with Gasteiger partial charge in [0.15, 0.2) is 5.78 Å². The van der Waals surface area contributed by atoms with Crippen molar-refractivity contribution >= 4 is 34.8 Å². The quantitative estimate of drug-likeness (QED) is 0.343. The van der Waals surface area contributed by atoms with E-state index < -0.39 is 4.92 Å². The molecule has 0 radical (unpaired) electrons. The van der Waals surface area contributed by atoms with E-state index in [1.54, 1.807) is 18.2 Å². The Bertz CT molecular complexity index is 860. The number of ketones is 1. The van der Waals surface area contributed by atoms with Crippen LogP contribution in [-0.2, 0) is 4.74 Å². The molecule has 0 spiro atoms. The molecule has 1 aliphatic heterocycles. The summed E-state index contributed by atoms with van der Waals surface area (Å²) in [6.45, 7) is 2.94. The first-order valence-electron chi connectivity index (χ1n) is 8.14. The summed E-state index contributed by atoms with van der Waals surface area (Å²) < 4.78 is 5.34. The van der Waals surface area contributed by atoms with Crippen molar-refractivity contribution in [3.05, 3.63) is 74.8 Å². The number of nitro groups is 1. The predicted molar refractivity (Wildman–Crippen MR) is 101 cm³/mol. The van der Waals surface area contributed by atoms with Crippen LogP contribution in [-0.4, -0.2) is 37.0 Å². The van der Waals surface area contributed by atoms with Gasteiger partial charge in [-0.05, 0) is 29.8 Å². The molecule has 0 unspecified atom stereocenters. The number of hydrogen-bond donors (Lipinski definition) is 0. The fraction of sp³-hybridized carbons (Fsp3) is 0.211. The Kier molecular flexibility index (Phi) is 5.65. The number of benzene rings is 2. The molecule has 6 nitrogen and oxygen atoms in total. The van der Waals surface area contributed by atoms with Crippen LogP contribution >= 0.6 is 11.6 Å². The van der Waals surface area contributed by atoms with Gasteiger partial charge in [0.05, 0.1) is 18.1 Å². The number of rotatable bonds is 5. The van der Waals surface area contributed by atoms with Crippen molar-refractivity contribution in [2.45, 2.75) is 0 Å². The van der Waals surface area contributed by atoms with Crippen LogP contribution in [0.1, 0.15) is 15.9 Å². The van der Waals surface area contributed by atoms with Crippen molar-refractivity contribution in [2.24, 2.45) is 0 Å². The molecule has 0 N–H and O–H groups in total. The second-order valence-corrected chi connectivity index (χ2v) is 6.22. The number of morpholine rings is 1. The zero-order chi connectivity index (χ0) is 18.5. The van der Waals surface area contributed by atoms with Gasteiger partial charge < -0.3 is 9.64 Å². The highest BCUT2D eigenvalue weighted by Crippen LogP contribution is 2.25. The fourth-order valence-electron chi connectivity index (χ4n) is 2.72. The third-order valence-corrected chi connectivity index (χ3v) is 4.42. The van der Waals surface area contributed by atoms with Gasteiger partial charge in [-0.1, -0.05) is 35.9 Å². The Hall–Kier alpha value is -2.70. The molecule has 3 rings (SSSR count). The molecule has 0 atom stereocenters. The average Bonchev–Trinajstić information content (AvgIpc) is 2.67. The van der Waals surface area contributed by atoms with Crippen molar-refractivity contribution in [3.8, 4) is 0 Å². The van der Waals surface area contributed by atoms with Gasteiger partial charge in [-0.15, -0.1) is 0 Å². The summed E-state index contributed by atoms with van der Waals surface area (Å²) in [6, 6.07) is 11.8. The van der Waals surface area contributed by atoms with Gasteiger partial charge in [-0.25, -0.2) is 0 Å². The summed E-state index contributed by atoms with van der Waals surface area (Å²) in [5.74, 6) is -0.169. The van der Waals surface area contributed by atoms with Gasteiger partial charge in [0, 0.05) is 30.4 Å². The molecule has 26 heavy (non-hydrogen) atoms. The Morgan fingerprint density at radius 1 is 1.19 bits per heavy atom. The molecule has 0 bridgehead atoms. The highest BCUT2D eigenvalue weighted by molar-refractivity contribution is 6.32. The van der Waals surface area contributed by atoms with Gasteiger partial charge in [-0.2, -0.15) is 0 Å². The van der Waals surface area contributed by atoms with Gasteiger partial charge >= 0.3 is 0 Å². The van der Waals surface area contributed by atoms with Crippen molar-refractivity contribution in [1.82, 2.24) is 0 Å². The second kappa shape index (κ2) is 8.12. The number of anilines is 1. The van der Waals surface area contributed by atoms with Crippen molar-refractivity contribution < 1.29 is 14.5 Å². The molecule has 2 aromatic carbocycles. The van der Waals surface area contributed by atoms with E-state index in [1.165, 1.54) is 18.2 Å². The van der Waals surface area contributed by atoms with Crippen molar-refractivity contribution in [3.63, 3.8) is 0 Å². The first kappa shape index (κ1) is 18.1. The zero-order valence-electron chi connectivity index (χ0n) is 13.9. The van der Waals surface area contributed by atoms with Crippen molar-refractivity contribution in [1.29, 1.82) is 0 Å². The summed E-state index contributed by atoms with van der Waals surface area (Å²) in [7, 11) is 0. The average molecular weight is 373 g/mol. The second-order valence-electron chi connectivity index (χ2n) is 5.82. The van der Waals surface area contributed by atoms with Crippen LogP contribution in [0.2, 0.25) is 5.02 Å². The number of hydrogen-bond acceptors (Lipinski definition) is 5. The molecule has 0 aromatic heterocycles. The highest BCUT2D eigenvalue weighted by atomic mass is 35.5. The molecule has 1 saturated heterocycles. The summed E-state index contributed by atoms with van der Waals surface area (Å²) >= 11 is 5.79. The van der Waals surface area contributed by atoms with Crippen LogP contribution in [0, 0.1) is 10.1 Å². The van der Waals surface area contributed by atoms with Crippen molar-refractivity contribution in [2.75, 3.05) is 31.2 Å². The number of halogens is 1. The maximum atomic E-state index is 12.4. The van der Waals surface area contributed by atoms with Gasteiger partial charge in [0.25, 0.3) is 5.69 Å². The van der Waals surface area contributed by atoms with Crippen LogP contribution in [0.4, 0.5) is 11.4 Å². The smallest absolute Gasteiger partial charge is 0.288 e. The third kappa shape index (κ3) is 4.28. The van der Waals surface area contributed by atoms with Crippen LogP contribution in [0.15, 0.2) is 48.5 Å². The molecule has 0 aliphatic carbocycles. The molecule has 0 saturated carbocycles. The lowest BCUT2D eigenvalue weighted by molar-refractivity contribution is -0.384. The van der Waals surface area contributed by atoms with Crippen LogP contribution in [0.3, 0.4) is 0 Å². The Morgan fingerprint density at radius 3 is 2.69 bits per heavy atom. The monoisotopic (exact) mass is 372 g/mol. The first-order chi connectivity index (χ1) is 12.5. The number of ether oxygens (including phenoxy) is 1. The lowest BCUT2D eigenvalue weighted by atomic mass is 10.1. The summed E-state index contributed by atoms with van der Waals surface area (Å²) in [5.41, 5.74) is 1.90. The molecule has 134 valence electrons. The van der Waals surface area contributed by atoms with E-state index in [2.05, 4.69) is 4.90 Å². The third-order valence-electron chi connectivity index (χ3n) is 4.10. The molecule has 7 heteroatoms. The Labute approximate surface area is 155 Å². The van der Waals surface area contributed by atoms with Crippen LogP contribution in [0.5, 0.6) is 0 Å².